The molecule has 1 heterocycles. The number of phenolic OH excluding ortho intramolecular Hbond substituents is 1. The van der Waals surface area contributed by atoms with Gasteiger partial charge in [-0.15, -0.1) is 4.91 Å². The number of hydrogen-bond donors (Lipinski definition) is 2. The molecule has 140 valence electrons. The summed E-state index contributed by atoms with van der Waals surface area (Å²) in [7, 11) is 2.74. The molecule has 0 saturated heterocycles. The third-order valence-electron chi connectivity index (χ3n) is 4.15. The van der Waals surface area contributed by atoms with Crippen LogP contribution in [0.15, 0.2) is 33.0 Å². The van der Waals surface area contributed by atoms with Crippen molar-refractivity contribution in [1.29, 1.82) is 0 Å². The van der Waals surface area contributed by atoms with Crippen LogP contribution >= 0.6 is 0 Å². The Labute approximate surface area is 149 Å². The molecule has 0 fully saturated rings. The van der Waals surface area contributed by atoms with Crippen LogP contribution in [0.5, 0.6) is 11.5 Å². The second-order valence-electron chi connectivity index (χ2n) is 6.13. The zero-order valence-electron chi connectivity index (χ0n) is 15.1. The summed E-state index contributed by atoms with van der Waals surface area (Å²) in [6, 6.07) is 4.89. The summed E-state index contributed by atoms with van der Waals surface area (Å²) in [5.41, 5.74) is -0.800. The summed E-state index contributed by atoms with van der Waals surface area (Å²) in [5.74, 6) is 0.505. The summed E-state index contributed by atoms with van der Waals surface area (Å²) >= 11 is 0. The fraction of sp³-hybridized carbons (Fsp3) is 0.412. The highest BCUT2D eigenvalue weighted by atomic mass is 16.5. The molecule has 1 aromatic carbocycles. The molecule has 0 aliphatic rings. The van der Waals surface area contributed by atoms with E-state index in [0.717, 1.165) is 10.1 Å². The van der Waals surface area contributed by atoms with E-state index in [1.165, 1.54) is 20.2 Å². The van der Waals surface area contributed by atoms with Gasteiger partial charge in [0.15, 0.2) is 11.5 Å². The van der Waals surface area contributed by atoms with Crippen LogP contribution in [0.25, 0.3) is 0 Å². The topological polar surface area (TPSA) is 117 Å². The van der Waals surface area contributed by atoms with Crippen molar-refractivity contribution < 1.29 is 9.84 Å². The van der Waals surface area contributed by atoms with E-state index in [0.29, 0.717) is 18.7 Å². The van der Waals surface area contributed by atoms with Crippen molar-refractivity contribution in [2.75, 3.05) is 18.6 Å². The molecule has 0 amide bonds. The van der Waals surface area contributed by atoms with Gasteiger partial charge in [-0.2, -0.15) is 0 Å². The largest absolute Gasteiger partial charge is 0.504 e. The van der Waals surface area contributed by atoms with E-state index in [9.17, 15) is 19.6 Å². The molecule has 9 heteroatoms. The molecule has 0 aliphatic carbocycles. The lowest BCUT2D eigenvalue weighted by molar-refractivity contribution is 0.373. The number of hydrogen-bond acceptors (Lipinski definition) is 7. The molecular weight excluding hydrogens is 340 g/mol. The fourth-order valence-electron chi connectivity index (χ4n) is 2.64. The number of nitroso groups, excluding NO2 is 1. The third kappa shape index (κ3) is 3.76. The van der Waals surface area contributed by atoms with Crippen LogP contribution in [0.1, 0.15) is 19.4 Å². The average molecular weight is 362 g/mol. The first-order chi connectivity index (χ1) is 12.3. The molecular formula is C17H22N4O5. The molecule has 9 nitrogen and oxygen atoms in total. The lowest BCUT2D eigenvalue weighted by Crippen LogP contribution is -2.39. The van der Waals surface area contributed by atoms with Crippen LogP contribution in [-0.2, 0) is 13.5 Å². The molecule has 2 N–H and O–H groups in total. The van der Waals surface area contributed by atoms with Gasteiger partial charge in [0.2, 0.25) is 5.69 Å². The first-order valence-corrected chi connectivity index (χ1v) is 8.09. The van der Waals surface area contributed by atoms with Crippen LogP contribution in [0.2, 0.25) is 0 Å². The lowest BCUT2D eigenvalue weighted by atomic mass is 10.1. The van der Waals surface area contributed by atoms with Crippen molar-refractivity contribution in [2.45, 2.75) is 26.3 Å². The van der Waals surface area contributed by atoms with Crippen molar-refractivity contribution in [3.63, 3.8) is 0 Å². The number of H-pyrrole nitrogens is 1. The van der Waals surface area contributed by atoms with Gasteiger partial charge in [-0.25, -0.2) is 4.79 Å². The summed E-state index contributed by atoms with van der Waals surface area (Å²) in [4.78, 5) is 39.6. The number of ether oxygens (including phenoxy) is 1. The molecule has 0 atom stereocenters. The maximum absolute atomic E-state index is 12.1. The van der Waals surface area contributed by atoms with Crippen molar-refractivity contribution in [3.05, 3.63) is 49.5 Å². The number of phenols is 1. The Morgan fingerprint density at radius 2 is 2.04 bits per heavy atom. The van der Waals surface area contributed by atoms with Gasteiger partial charge >= 0.3 is 5.69 Å². The SMILES string of the molecule is COc1cc(CCN(c2[nH]c(=O)n(C)c(=O)c2N=O)C(C)C)ccc1O. The minimum Gasteiger partial charge on any atom is -0.504 e. The Kier molecular flexibility index (Phi) is 5.81. The highest BCUT2D eigenvalue weighted by Gasteiger charge is 2.21. The van der Waals surface area contributed by atoms with Crippen molar-refractivity contribution >= 4 is 11.5 Å². The number of methoxy groups -OCH3 is 1. The van der Waals surface area contributed by atoms with Gasteiger partial charge in [-0.3, -0.25) is 14.3 Å². The molecule has 26 heavy (non-hydrogen) atoms. The normalized spacial score (nSPS) is 10.8. The fourth-order valence-corrected chi connectivity index (χ4v) is 2.64. The Morgan fingerprint density at radius 3 is 2.62 bits per heavy atom. The van der Waals surface area contributed by atoms with Gasteiger partial charge in [0.1, 0.15) is 5.82 Å². The molecule has 0 radical (unpaired) electrons. The minimum absolute atomic E-state index is 0.0419. The zero-order chi connectivity index (χ0) is 19.4. The third-order valence-corrected chi connectivity index (χ3v) is 4.15. The summed E-state index contributed by atoms with van der Waals surface area (Å²) in [6.45, 7) is 4.17. The molecule has 0 saturated carbocycles. The smallest absolute Gasteiger partial charge is 0.329 e. The van der Waals surface area contributed by atoms with Gasteiger partial charge in [-0.1, -0.05) is 6.07 Å². The number of rotatable bonds is 7. The Balaban J connectivity index is 2.38. The van der Waals surface area contributed by atoms with E-state index in [1.807, 2.05) is 13.8 Å². The lowest BCUT2D eigenvalue weighted by Gasteiger charge is -2.29. The average Bonchev–Trinajstić information content (AvgIpc) is 2.61. The van der Waals surface area contributed by atoms with Crippen LogP contribution in [0, 0.1) is 4.91 Å². The van der Waals surface area contributed by atoms with Crippen molar-refractivity contribution in [3.8, 4) is 11.5 Å². The summed E-state index contributed by atoms with van der Waals surface area (Å²) in [6.07, 6.45) is 0.532. The molecule has 0 unspecified atom stereocenters. The Morgan fingerprint density at radius 1 is 1.35 bits per heavy atom. The zero-order valence-corrected chi connectivity index (χ0v) is 15.1. The molecule has 2 aromatic rings. The van der Waals surface area contributed by atoms with E-state index >= 15 is 0 Å². The molecule has 0 spiro atoms. The molecule has 2 rings (SSSR count). The predicted octanol–water partition coefficient (Wildman–Crippen LogP) is 1.64. The second-order valence-corrected chi connectivity index (χ2v) is 6.13. The van der Waals surface area contributed by atoms with Crippen LogP contribution in [0.3, 0.4) is 0 Å². The van der Waals surface area contributed by atoms with Gasteiger partial charge in [0.05, 0.1) is 7.11 Å². The number of benzene rings is 1. The summed E-state index contributed by atoms with van der Waals surface area (Å²) < 4.78 is 5.90. The van der Waals surface area contributed by atoms with E-state index in [2.05, 4.69) is 10.2 Å². The van der Waals surface area contributed by atoms with E-state index in [4.69, 9.17) is 4.74 Å². The van der Waals surface area contributed by atoms with Crippen LogP contribution in [-0.4, -0.2) is 34.4 Å². The van der Waals surface area contributed by atoms with Crippen molar-refractivity contribution in [1.82, 2.24) is 9.55 Å². The molecule has 0 bridgehead atoms. The number of nitrogens with zero attached hydrogens (tertiary/aromatic N) is 3. The number of anilines is 1. The van der Waals surface area contributed by atoms with E-state index < -0.39 is 11.2 Å². The van der Waals surface area contributed by atoms with Gasteiger partial charge < -0.3 is 14.7 Å². The van der Waals surface area contributed by atoms with E-state index in [1.54, 1.807) is 17.0 Å². The van der Waals surface area contributed by atoms with Crippen molar-refractivity contribution in [2.24, 2.45) is 12.2 Å². The predicted molar refractivity (Wildman–Crippen MR) is 98.6 cm³/mol. The maximum atomic E-state index is 12.1. The first-order valence-electron chi connectivity index (χ1n) is 8.09. The maximum Gasteiger partial charge on any atom is 0.329 e. The quantitative estimate of drug-likeness (QED) is 0.723. The Hall–Kier alpha value is -3.10. The number of aromatic nitrogens is 2. The minimum atomic E-state index is -0.740. The van der Waals surface area contributed by atoms with Gasteiger partial charge in [0, 0.05) is 19.6 Å². The van der Waals surface area contributed by atoms with E-state index in [-0.39, 0.29) is 23.3 Å². The van der Waals surface area contributed by atoms with Gasteiger partial charge in [-0.05, 0) is 43.1 Å². The van der Waals surface area contributed by atoms with Gasteiger partial charge in [0.25, 0.3) is 5.56 Å². The number of aromatic amines is 1. The molecule has 0 aliphatic heterocycles. The van der Waals surface area contributed by atoms with Crippen LogP contribution < -0.4 is 20.9 Å². The standard InChI is InChI=1S/C17H22N4O5/c1-10(2)21(8-7-11-5-6-12(22)13(9-11)26-4)15-14(19-25)16(23)20(3)17(24)18-15/h5-6,9-10,22H,7-8H2,1-4H3,(H,18,24). The highest BCUT2D eigenvalue weighted by molar-refractivity contribution is 5.60. The van der Waals surface area contributed by atoms with Crippen LogP contribution in [0.4, 0.5) is 11.5 Å². The second kappa shape index (κ2) is 7.85. The first kappa shape index (κ1) is 19.2. The monoisotopic (exact) mass is 362 g/mol. The highest BCUT2D eigenvalue weighted by Crippen LogP contribution is 2.27. The summed E-state index contributed by atoms with van der Waals surface area (Å²) in [5, 5.41) is 12.5. The Bertz CT molecular complexity index is 916. The number of nitrogens with one attached hydrogen (secondary N) is 1. The number of aromatic hydroxyl groups is 1. The molecule has 1 aromatic heterocycles.